The number of carbonyl (C=O) groups excluding carboxylic acids is 1. The highest BCUT2D eigenvalue weighted by atomic mass is 16.5. The van der Waals surface area contributed by atoms with Gasteiger partial charge in [0, 0.05) is 26.0 Å². The first-order valence-electron chi connectivity index (χ1n) is 7.09. The van der Waals surface area contributed by atoms with Crippen LogP contribution in [0.15, 0.2) is 18.3 Å². The third-order valence-electron chi connectivity index (χ3n) is 2.50. The zero-order valence-corrected chi connectivity index (χ0v) is 12.5. The molecule has 0 atom stereocenters. The fourth-order valence-electron chi connectivity index (χ4n) is 1.61. The fraction of sp³-hybridized carbons (Fsp3) is 0.600. The number of amides is 1. The molecule has 1 aromatic heterocycles. The zero-order valence-electron chi connectivity index (χ0n) is 12.5. The SMILES string of the molecule is CCOc1ncccc1C(=O)NCCCOCC(C)C. The molecule has 0 aliphatic heterocycles. The summed E-state index contributed by atoms with van der Waals surface area (Å²) in [5.74, 6) is 0.753. The Morgan fingerprint density at radius 1 is 1.45 bits per heavy atom. The summed E-state index contributed by atoms with van der Waals surface area (Å²) in [6.07, 6.45) is 2.41. The number of hydrogen-bond acceptors (Lipinski definition) is 4. The molecule has 1 N–H and O–H groups in total. The van der Waals surface area contributed by atoms with E-state index >= 15 is 0 Å². The molecular weight excluding hydrogens is 256 g/mol. The van der Waals surface area contributed by atoms with Crippen LogP contribution in [0.1, 0.15) is 37.6 Å². The molecule has 5 nitrogen and oxygen atoms in total. The van der Waals surface area contributed by atoms with E-state index in [2.05, 4.69) is 24.1 Å². The Labute approximate surface area is 120 Å². The van der Waals surface area contributed by atoms with Gasteiger partial charge in [-0.25, -0.2) is 4.98 Å². The standard InChI is InChI=1S/C15H24N2O3/c1-4-20-15-13(7-5-8-17-15)14(18)16-9-6-10-19-11-12(2)3/h5,7-8,12H,4,6,9-11H2,1-3H3,(H,16,18). The van der Waals surface area contributed by atoms with Gasteiger partial charge in [-0.15, -0.1) is 0 Å². The molecule has 1 amide bonds. The van der Waals surface area contributed by atoms with Crippen LogP contribution in [-0.4, -0.2) is 37.3 Å². The number of hydrogen-bond donors (Lipinski definition) is 1. The molecule has 0 saturated heterocycles. The first-order chi connectivity index (χ1) is 9.65. The molecule has 1 heterocycles. The molecule has 1 aromatic rings. The number of nitrogens with zero attached hydrogens (tertiary/aromatic N) is 1. The highest BCUT2D eigenvalue weighted by molar-refractivity contribution is 5.96. The summed E-state index contributed by atoms with van der Waals surface area (Å²) in [7, 11) is 0. The molecule has 0 aliphatic carbocycles. The van der Waals surface area contributed by atoms with E-state index in [1.807, 2.05) is 6.92 Å². The topological polar surface area (TPSA) is 60.5 Å². The van der Waals surface area contributed by atoms with Crippen molar-refractivity contribution < 1.29 is 14.3 Å². The lowest BCUT2D eigenvalue weighted by Gasteiger charge is -2.10. The van der Waals surface area contributed by atoms with E-state index in [0.717, 1.165) is 13.0 Å². The van der Waals surface area contributed by atoms with Gasteiger partial charge in [0.05, 0.1) is 6.61 Å². The lowest BCUT2D eigenvalue weighted by Crippen LogP contribution is -2.26. The quantitative estimate of drug-likeness (QED) is 0.705. The van der Waals surface area contributed by atoms with E-state index in [1.54, 1.807) is 18.3 Å². The van der Waals surface area contributed by atoms with Crippen LogP contribution in [0.25, 0.3) is 0 Å². The van der Waals surface area contributed by atoms with Gasteiger partial charge in [-0.3, -0.25) is 4.79 Å². The van der Waals surface area contributed by atoms with Gasteiger partial charge < -0.3 is 14.8 Å². The van der Waals surface area contributed by atoms with Crippen LogP contribution < -0.4 is 10.1 Å². The van der Waals surface area contributed by atoms with E-state index in [9.17, 15) is 4.79 Å². The van der Waals surface area contributed by atoms with Crippen molar-refractivity contribution in [3.05, 3.63) is 23.9 Å². The summed E-state index contributed by atoms with van der Waals surface area (Å²) in [4.78, 5) is 16.1. The van der Waals surface area contributed by atoms with Crippen LogP contribution in [0, 0.1) is 5.92 Å². The minimum absolute atomic E-state index is 0.162. The van der Waals surface area contributed by atoms with Crippen molar-refractivity contribution in [1.29, 1.82) is 0 Å². The van der Waals surface area contributed by atoms with Crippen molar-refractivity contribution in [2.75, 3.05) is 26.4 Å². The molecule has 20 heavy (non-hydrogen) atoms. The summed E-state index contributed by atoms with van der Waals surface area (Å²) in [6, 6.07) is 3.44. The van der Waals surface area contributed by atoms with Gasteiger partial charge in [-0.2, -0.15) is 0 Å². The van der Waals surface area contributed by atoms with Crippen LogP contribution in [0.2, 0.25) is 0 Å². The highest BCUT2D eigenvalue weighted by Crippen LogP contribution is 2.13. The number of carbonyl (C=O) groups is 1. The van der Waals surface area contributed by atoms with Crippen molar-refractivity contribution in [2.45, 2.75) is 27.2 Å². The largest absolute Gasteiger partial charge is 0.477 e. The normalized spacial score (nSPS) is 10.6. The molecule has 0 fully saturated rings. The number of nitrogens with one attached hydrogen (secondary N) is 1. The van der Waals surface area contributed by atoms with E-state index in [1.165, 1.54) is 0 Å². The molecule has 0 unspecified atom stereocenters. The fourth-order valence-corrected chi connectivity index (χ4v) is 1.61. The molecule has 0 aromatic carbocycles. The molecule has 0 radical (unpaired) electrons. The Morgan fingerprint density at radius 3 is 2.95 bits per heavy atom. The lowest BCUT2D eigenvalue weighted by atomic mass is 10.2. The number of rotatable bonds is 9. The maximum absolute atomic E-state index is 12.0. The van der Waals surface area contributed by atoms with Gasteiger partial charge in [-0.05, 0) is 31.4 Å². The highest BCUT2D eigenvalue weighted by Gasteiger charge is 2.12. The zero-order chi connectivity index (χ0) is 14.8. The van der Waals surface area contributed by atoms with Gasteiger partial charge in [0.25, 0.3) is 5.91 Å². The molecule has 112 valence electrons. The second-order valence-corrected chi connectivity index (χ2v) is 4.87. The van der Waals surface area contributed by atoms with Gasteiger partial charge in [0.1, 0.15) is 5.56 Å². The van der Waals surface area contributed by atoms with E-state index in [-0.39, 0.29) is 5.91 Å². The van der Waals surface area contributed by atoms with Crippen LogP contribution >= 0.6 is 0 Å². The third-order valence-corrected chi connectivity index (χ3v) is 2.50. The number of pyridine rings is 1. The monoisotopic (exact) mass is 280 g/mol. The van der Waals surface area contributed by atoms with E-state index in [4.69, 9.17) is 9.47 Å². The maximum atomic E-state index is 12.0. The lowest BCUT2D eigenvalue weighted by molar-refractivity contribution is 0.0921. The summed E-state index contributed by atoms with van der Waals surface area (Å²) in [6.45, 7) is 8.56. The predicted octanol–water partition coefficient (Wildman–Crippen LogP) is 2.27. The van der Waals surface area contributed by atoms with Crippen LogP contribution in [0.4, 0.5) is 0 Å². The van der Waals surface area contributed by atoms with Crippen LogP contribution in [0.3, 0.4) is 0 Å². The smallest absolute Gasteiger partial charge is 0.256 e. The molecule has 0 bridgehead atoms. The van der Waals surface area contributed by atoms with Gasteiger partial charge in [0.15, 0.2) is 0 Å². The third kappa shape index (κ3) is 6.02. The first-order valence-corrected chi connectivity index (χ1v) is 7.09. The van der Waals surface area contributed by atoms with Crippen molar-refractivity contribution in [2.24, 2.45) is 5.92 Å². The summed E-state index contributed by atoms with van der Waals surface area (Å²) in [5, 5.41) is 2.85. The van der Waals surface area contributed by atoms with E-state index in [0.29, 0.717) is 37.1 Å². The second kappa shape index (κ2) is 9.31. The molecule has 1 rings (SSSR count). The number of aromatic nitrogens is 1. The molecule has 0 saturated carbocycles. The predicted molar refractivity (Wildman–Crippen MR) is 78.0 cm³/mol. The van der Waals surface area contributed by atoms with Crippen molar-refractivity contribution >= 4 is 5.91 Å². The van der Waals surface area contributed by atoms with Crippen LogP contribution in [-0.2, 0) is 4.74 Å². The molecule has 0 spiro atoms. The molecular formula is C15H24N2O3. The first kappa shape index (κ1) is 16.4. The number of ether oxygens (including phenoxy) is 2. The van der Waals surface area contributed by atoms with Gasteiger partial charge >= 0.3 is 0 Å². The minimum Gasteiger partial charge on any atom is -0.477 e. The Kier molecular flexibility index (Phi) is 7.65. The summed E-state index contributed by atoms with van der Waals surface area (Å²) >= 11 is 0. The summed E-state index contributed by atoms with van der Waals surface area (Å²) in [5.41, 5.74) is 0.470. The van der Waals surface area contributed by atoms with Crippen molar-refractivity contribution in [1.82, 2.24) is 10.3 Å². The van der Waals surface area contributed by atoms with Gasteiger partial charge in [0.2, 0.25) is 5.88 Å². The Balaban J connectivity index is 2.32. The minimum atomic E-state index is -0.162. The van der Waals surface area contributed by atoms with Crippen molar-refractivity contribution in [3.8, 4) is 5.88 Å². The molecule has 0 aliphatic rings. The Bertz CT molecular complexity index is 408. The van der Waals surface area contributed by atoms with Crippen molar-refractivity contribution in [3.63, 3.8) is 0 Å². The Hall–Kier alpha value is -1.62. The van der Waals surface area contributed by atoms with Gasteiger partial charge in [-0.1, -0.05) is 13.8 Å². The molecule has 5 heteroatoms. The summed E-state index contributed by atoms with van der Waals surface area (Å²) < 4.78 is 10.8. The van der Waals surface area contributed by atoms with Crippen LogP contribution in [0.5, 0.6) is 5.88 Å². The second-order valence-electron chi connectivity index (χ2n) is 4.87. The van der Waals surface area contributed by atoms with E-state index < -0.39 is 0 Å². The maximum Gasteiger partial charge on any atom is 0.256 e. The average molecular weight is 280 g/mol. The average Bonchev–Trinajstić information content (AvgIpc) is 2.43. The Morgan fingerprint density at radius 2 is 2.25 bits per heavy atom.